The number of carboxylic acid groups (broad SMARTS) is 1. The molecule has 0 radical (unpaired) electrons. The SMILES string of the molecule is O=C(O)C1(CN2CCc3sccc3C2)CCCOC1. The fraction of sp³-hybridized carbons (Fsp3) is 0.643. The van der Waals surface area contributed by atoms with Gasteiger partial charge >= 0.3 is 5.97 Å². The minimum Gasteiger partial charge on any atom is -0.481 e. The zero-order valence-corrected chi connectivity index (χ0v) is 11.7. The average Bonchev–Trinajstić information content (AvgIpc) is 2.87. The van der Waals surface area contributed by atoms with Gasteiger partial charge in [0.15, 0.2) is 0 Å². The summed E-state index contributed by atoms with van der Waals surface area (Å²) >= 11 is 1.81. The molecule has 1 atom stereocenters. The first-order chi connectivity index (χ1) is 9.20. The number of nitrogens with zero attached hydrogens (tertiary/aromatic N) is 1. The van der Waals surface area contributed by atoms with E-state index in [1.165, 1.54) is 10.4 Å². The van der Waals surface area contributed by atoms with Crippen LogP contribution in [0.15, 0.2) is 11.4 Å². The lowest BCUT2D eigenvalue weighted by Gasteiger charge is -2.38. The summed E-state index contributed by atoms with van der Waals surface area (Å²) in [7, 11) is 0. The van der Waals surface area contributed by atoms with Gasteiger partial charge in [0.05, 0.1) is 6.61 Å². The van der Waals surface area contributed by atoms with Crippen LogP contribution in [0.25, 0.3) is 0 Å². The molecule has 4 nitrogen and oxygen atoms in total. The van der Waals surface area contributed by atoms with Crippen LogP contribution in [0.3, 0.4) is 0 Å². The van der Waals surface area contributed by atoms with Gasteiger partial charge < -0.3 is 9.84 Å². The van der Waals surface area contributed by atoms with Gasteiger partial charge in [0.2, 0.25) is 0 Å². The molecule has 0 aromatic carbocycles. The maximum atomic E-state index is 11.6. The van der Waals surface area contributed by atoms with Crippen LogP contribution in [0.4, 0.5) is 0 Å². The molecule has 1 fully saturated rings. The van der Waals surface area contributed by atoms with Crippen LogP contribution in [0.1, 0.15) is 23.3 Å². The zero-order valence-electron chi connectivity index (χ0n) is 10.9. The van der Waals surface area contributed by atoms with E-state index >= 15 is 0 Å². The minimum atomic E-state index is -0.705. The Bertz CT molecular complexity index is 465. The number of hydrogen-bond donors (Lipinski definition) is 1. The molecule has 0 aliphatic carbocycles. The molecule has 5 heteroatoms. The zero-order chi connectivity index (χ0) is 13.3. The lowest BCUT2D eigenvalue weighted by Crippen LogP contribution is -2.49. The Kier molecular flexibility index (Phi) is 3.60. The first-order valence-electron chi connectivity index (χ1n) is 6.78. The minimum absolute atomic E-state index is 0.356. The number of ether oxygens (including phenoxy) is 1. The molecule has 0 saturated carbocycles. The number of carbonyl (C=O) groups is 1. The molecule has 0 spiro atoms. The van der Waals surface area contributed by atoms with Crippen molar-refractivity contribution in [3.8, 4) is 0 Å². The van der Waals surface area contributed by atoms with Crippen LogP contribution in [0.5, 0.6) is 0 Å². The van der Waals surface area contributed by atoms with Crippen molar-refractivity contribution in [2.45, 2.75) is 25.8 Å². The number of fused-ring (bicyclic) bond motifs is 1. The van der Waals surface area contributed by atoms with Crippen LogP contribution < -0.4 is 0 Å². The predicted molar refractivity (Wildman–Crippen MR) is 73.4 cm³/mol. The lowest BCUT2D eigenvalue weighted by molar-refractivity contribution is -0.159. The molecule has 19 heavy (non-hydrogen) atoms. The third kappa shape index (κ3) is 2.55. The highest BCUT2D eigenvalue weighted by Crippen LogP contribution is 2.32. The molecule has 104 valence electrons. The van der Waals surface area contributed by atoms with Crippen molar-refractivity contribution in [1.82, 2.24) is 4.90 Å². The monoisotopic (exact) mass is 281 g/mol. The maximum absolute atomic E-state index is 11.6. The van der Waals surface area contributed by atoms with Crippen molar-refractivity contribution in [2.24, 2.45) is 5.41 Å². The van der Waals surface area contributed by atoms with Gasteiger partial charge in [-0.25, -0.2) is 0 Å². The topological polar surface area (TPSA) is 49.8 Å². The van der Waals surface area contributed by atoms with Crippen LogP contribution >= 0.6 is 11.3 Å². The first-order valence-corrected chi connectivity index (χ1v) is 7.66. The van der Waals surface area contributed by atoms with Crippen LogP contribution in [-0.4, -0.2) is 42.3 Å². The summed E-state index contributed by atoms with van der Waals surface area (Å²) in [6.07, 6.45) is 2.63. The summed E-state index contributed by atoms with van der Waals surface area (Å²) in [6.45, 7) is 3.51. The molecule has 1 unspecified atom stereocenters. The highest BCUT2D eigenvalue weighted by molar-refractivity contribution is 7.10. The number of thiophene rings is 1. The maximum Gasteiger partial charge on any atom is 0.313 e. The van der Waals surface area contributed by atoms with Crippen molar-refractivity contribution in [3.05, 3.63) is 21.9 Å². The Labute approximate surface area is 117 Å². The Hall–Kier alpha value is -0.910. The third-order valence-electron chi connectivity index (χ3n) is 4.19. The van der Waals surface area contributed by atoms with Crippen molar-refractivity contribution in [2.75, 3.05) is 26.3 Å². The third-order valence-corrected chi connectivity index (χ3v) is 5.21. The standard InChI is InChI=1S/C14H19NO3S/c16-13(17)14(4-1-6-18-10-14)9-15-5-2-12-11(8-15)3-7-19-12/h3,7H,1-2,4-6,8-10H2,(H,16,17). The number of hydrogen-bond acceptors (Lipinski definition) is 4. The van der Waals surface area contributed by atoms with Crippen molar-refractivity contribution >= 4 is 17.3 Å². The van der Waals surface area contributed by atoms with Crippen molar-refractivity contribution in [1.29, 1.82) is 0 Å². The van der Waals surface area contributed by atoms with Gasteiger partial charge in [-0.2, -0.15) is 0 Å². The number of aliphatic carboxylic acids is 1. The molecule has 3 heterocycles. The van der Waals surface area contributed by atoms with E-state index in [1.54, 1.807) is 0 Å². The summed E-state index contributed by atoms with van der Waals surface area (Å²) in [5.74, 6) is -0.705. The molecular weight excluding hydrogens is 262 g/mol. The average molecular weight is 281 g/mol. The van der Waals surface area contributed by atoms with Crippen LogP contribution in [0, 0.1) is 5.41 Å². The molecule has 3 rings (SSSR count). The largest absolute Gasteiger partial charge is 0.481 e. The van der Waals surface area contributed by atoms with Crippen LogP contribution in [0.2, 0.25) is 0 Å². The number of carboxylic acids is 1. The fourth-order valence-corrected chi connectivity index (χ4v) is 3.97. The second kappa shape index (κ2) is 5.23. The first kappa shape index (κ1) is 13.1. The molecule has 0 amide bonds. The van der Waals surface area contributed by atoms with E-state index in [2.05, 4.69) is 16.3 Å². The van der Waals surface area contributed by atoms with E-state index in [-0.39, 0.29) is 0 Å². The number of rotatable bonds is 3. The van der Waals surface area contributed by atoms with Gasteiger partial charge in [0.25, 0.3) is 0 Å². The van der Waals surface area contributed by atoms with Gasteiger partial charge in [0, 0.05) is 31.1 Å². The Balaban J connectivity index is 1.71. The molecular formula is C14H19NO3S. The molecule has 1 saturated heterocycles. The summed E-state index contributed by atoms with van der Waals surface area (Å²) in [4.78, 5) is 15.4. The van der Waals surface area contributed by atoms with Gasteiger partial charge in [-0.15, -0.1) is 11.3 Å². The van der Waals surface area contributed by atoms with Crippen molar-refractivity contribution < 1.29 is 14.6 Å². The second-order valence-corrected chi connectivity index (χ2v) is 6.57. The summed E-state index contributed by atoms with van der Waals surface area (Å²) in [5, 5.41) is 11.7. The lowest BCUT2D eigenvalue weighted by atomic mass is 9.81. The van der Waals surface area contributed by atoms with Gasteiger partial charge in [-0.05, 0) is 36.3 Å². The Morgan fingerprint density at radius 2 is 2.47 bits per heavy atom. The van der Waals surface area contributed by atoms with E-state index in [9.17, 15) is 9.90 Å². The second-order valence-electron chi connectivity index (χ2n) is 5.57. The Morgan fingerprint density at radius 3 is 3.21 bits per heavy atom. The predicted octanol–water partition coefficient (Wildman–Crippen LogP) is 1.99. The highest BCUT2D eigenvalue weighted by Gasteiger charge is 2.42. The smallest absolute Gasteiger partial charge is 0.313 e. The summed E-state index contributed by atoms with van der Waals surface area (Å²) in [6, 6.07) is 2.16. The molecule has 2 aliphatic rings. The quantitative estimate of drug-likeness (QED) is 0.920. The normalized spacial score (nSPS) is 28.0. The molecule has 1 aromatic heterocycles. The van der Waals surface area contributed by atoms with Gasteiger partial charge in [-0.3, -0.25) is 9.69 Å². The van der Waals surface area contributed by atoms with E-state index < -0.39 is 11.4 Å². The van der Waals surface area contributed by atoms with E-state index in [4.69, 9.17) is 4.74 Å². The highest BCUT2D eigenvalue weighted by atomic mass is 32.1. The van der Waals surface area contributed by atoms with E-state index in [0.29, 0.717) is 19.8 Å². The van der Waals surface area contributed by atoms with Crippen molar-refractivity contribution in [3.63, 3.8) is 0 Å². The fourth-order valence-electron chi connectivity index (χ4n) is 3.08. The van der Waals surface area contributed by atoms with E-state index in [1.807, 2.05) is 11.3 Å². The van der Waals surface area contributed by atoms with Gasteiger partial charge in [-0.1, -0.05) is 0 Å². The molecule has 1 aromatic rings. The summed E-state index contributed by atoms with van der Waals surface area (Å²) < 4.78 is 5.44. The van der Waals surface area contributed by atoms with E-state index in [0.717, 1.165) is 32.4 Å². The molecule has 1 N–H and O–H groups in total. The summed E-state index contributed by atoms with van der Waals surface area (Å²) in [5.41, 5.74) is 0.666. The van der Waals surface area contributed by atoms with Crippen LogP contribution in [-0.2, 0) is 22.5 Å². The molecule has 0 bridgehead atoms. The molecule has 2 aliphatic heterocycles. The Morgan fingerprint density at radius 1 is 1.58 bits per heavy atom. The van der Waals surface area contributed by atoms with Gasteiger partial charge in [0.1, 0.15) is 5.41 Å².